The molecule has 1 amide bonds. The van der Waals surface area contributed by atoms with E-state index >= 15 is 0 Å². The molecule has 0 aromatic rings. The maximum Gasteiger partial charge on any atom is 0.326 e. The molecule has 0 spiro atoms. The van der Waals surface area contributed by atoms with Crippen LogP contribution in [0.25, 0.3) is 0 Å². The summed E-state index contributed by atoms with van der Waals surface area (Å²) in [6.07, 6.45) is 4.90. The summed E-state index contributed by atoms with van der Waals surface area (Å²) in [5, 5.41) is 11.6. The van der Waals surface area contributed by atoms with Crippen LogP contribution in [0.15, 0.2) is 0 Å². The number of carbonyl (C=O) groups is 2. The molecule has 0 aromatic carbocycles. The second kappa shape index (κ2) is 8.43. The summed E-state index contributed by atoms with van der Waals surface area (Å²) in [4.78, 5) is 22.8. The van der Waals surface area contributed by atoms with Gasteiger partial charge in [0.05, 0.1) is 6.10 Å². The van der Waals surface area contributed by atoms with Crippen LogP contribution in [0.3, 0.4) is 0 Å². The smallest absolute Gasteiger partial charge is 0.326 e. The zero-order valence-electron chi connectivity index (χ0n) is 11.6. The molecule has 0 aliphatic heterocycles. The molecule has 0 radical (unpaired) electrons. The van der Waals surface area contributed by atoms with Crippen LogP contribution in [0.1, 0.15) is 32.6 Å². The number of ether oxygens (including phenoxy) is 1. The maximum atomic E-state index is 11.8. The molecular formula is C13H23NO4S. The molecule has 19 heavy (non-hydrogen) atoms. The molecule has 1 rings (SSSR count). The third kappa shape index (κ3) is 5.82. The van der Waals surface area contributed by atoms with Gasteiger partial charge < -0.3 is 15.2 Å². The number of hydrogen-bond donors (Lipinski definition) is 2. The van der Waals surface area contributed by atoms with Crippen LogP contribution < -0.4 is 5.32 Å². The lowest BCUT2D eigenvalue weighted by atomic mass is 9.80. The fourth-order valence-electron chi connectivity index (χ4n) is 2.22. The molecular weight excluding hydrogens is 266 g/mol. The van der Waals surface area contributed by atoms with Crippen molar-refractivity contribution in [3.8, 4) is 0 Å². The minimum Gasteiger partial charge on any atom is -0.480 e. The fraction of sp³-hybridized carbons (Fsp3) is 0.846. The maximum absolute atomic E-state index is 11.8. The van der Waals surface area contributed by atoms with E-state index in [2.05, 4.69) is 5.32 Å². The lowest BCUT2D eigenvalue weighted by Gasteiger charge is -2.34. The average molecular weight is 289 g/mol. The lowest BCUT2D eigenvalue weighted by molar-refractivity contribution is -0.142. The molecule has 2 N–H and O–H groups in total. The molecule has 0 heterocycles. The van der Waals surface area contributed by atoms with Crippen molar-refractivity contribution in [2.75, 3.05) is 18.6 Å². The molecule has 1 aliphatic carbocycles. The molecule has 1 atom stereocenters. The highest BCUT2D eigenvalue weighted by Gasteiger charge is 2.31. The van der Waals surface area contributed by atoms with E-state index in [4.69, 9.17) is 9.84 Å². The van der Waals surface area contributed by atoms with Gasteiger partial charge >= 0.3 is 5.97 Å². The fourth-order valence-corrected chi connectivity index (χ4v) is 2.69. The highest BCUT2D eigenvalue weighted by Crippen LogP contribution is 2.32. The lowest BCUT2D eigenvalue weighted by Crippen LogP contribution is -2.43. The number of hydrogen-bond acceptors (Lipinski definition) is 4. The number of carboxylic acid groups (broad SMARTS) is 1. The van der Waals surface area contributed by atoms with E-state index in [-0.39, 0.29) is 12.0 Å². The Morgan fingerprint density at radius 2 is 2.16 bits per heavy atom. The van der Waals surface area contributed by atoms with Gasteiger partial charge in [-0.05, 0) is 44.1 Å². The number of carbonyl (C=O) groups excluding carboxylic acids is 1. The largest absolute Gasteiger partial charge is 0.480 e. The predicted octanol–water partition coefficient (Wildman–Crippen LogP) is 1.51. The van der Waals surface area contributed by atoms with Crippen LogP contribution in [0.2, 0.25) is 0 Å². The normalized spacial score (nSPS) is 23.5. The Balaban J connectivity index is 2.24. The van der Waals surface area contributed by atoms with Gasteiger partial charge in [-0.3, -0.25) is 4.79 Å². The summed E-state index contributed by atoms with van der Waals surface area (Å²) < 4.78 is 5.43. The first kappa shape index (κ1) is 16.3. The zero-order valence-corrected chi connectivity index (χ0v) is 12.4. The van der Waals surface area contributed by atoms with Gasteiger partial charge in [0.25, 0.3) is 0 Å². The van der Waals surface area contributed by atoms with E-state index in [1.165, 1.54) is 0 Å². The third-order valence-electron chi connectivity index (χ3n) is 3.31. The SMILES string of the molecule is CCOC1CC(CC(=O)N[C@H](CCSC)C(=O)O)C1. The van der Waals surface area contributed by atoms with Gasteiger partial charge in [-0.1, -0.05) is 0 Å². The van der Waals surface area contributed by atoms with Gasteiger partial charge in [0.15, 0.2) is 0 Å². The number of thioether (sulfide) groups is 1. The van der Waals surface area contributed by atoms with Crippen molar-refractivity contribution in [2.45, 2.75) is 44.8 Å². The number of carboxylic acids is 1. The van der Waals surface area contributed by atoms with E-state index in [1.807, 2.05) is 13.2 Å². The highest BCUT2D eigenvalue weighted by atomic mass is 32.2. The summed E-state index contributed by atoms with van der Waals surface area (Å²) in [6.45, 7) is 2.67. The molecule has 110 valence electrons. The third-order valence-corrected chi connectivity index (χ3v) is 3.96. The van der Waals surface area contributed by atoms with Gasteiger partial charge in [-0.25, -0.2) is 4.79 Å². The Bertz CT molecular complexity index is 305. The van der Waals surface area contributed by atoms with Crippen LogP contribution in [0.5, 0.6) is 0 Å². The van der Waals surface area contributed by atoms with Crippen LogP contribution >= 0.6 is 11.8 Å². The Labute approximate surface area is 118 Å². The van der Waals surface area contributed by atoms with Crippen molar-refractivity contribution in [3.63, 3.8) is 0 Å². The number of nitrogens with one attached hydrogen (secondary N) is 1. The molecule has 0 unspecified atom stereocenters. The van der Waals surface area contributed by atoms with Crippen LogP contribution in [0, 0.1) is 5.92 Å². The second-order valence-corrected chi connectivity index (χ2v) is 5.84. The van der Waals surface area contributed by atoms with Gasteiger partial charge in [-0.2, -0.15) is 11.8 Å². The van der Waals surface area contributed by atoms with Crippen LogP contribution in [-0.4, -0.2) is 47.7 Å². The zero-order chi connectivity index (χ0) is 14.3. The molecule has 0 bridgehead atoms. The standard InChI is InChI=1S/C13H23NO4S/c1-3-18-10-6-9(7-10)8-12(15)14-11(13(16)17)4-5-19-2/h9-11H,3-8H2,1-2H3,(H,14,15)(H,16,17)/t9?,10?,11-/m1/s1. The summed E-state index contributed by atoms with van der Waals surface area (Å²) in [6, 6.07) is -0.761. The van der Waals surface area contributed by atoms with Crippen LogP contribution in [-0.2, 0) is 14.3 Å². The highest BCUT2D eigenvalue weighted by molar-refractivity contribution is 7.98. The predicted molar refractivity (Wildman–Crippen MR) is 75.3 cm³/mol. The van der Waals surface area contributed by atoms with Crippen molar-refractivity contribution in [3.05, 3.63) is 0 Å². The van der Waals surface area contributed by atoms with E-state index in [9.17, 15) is 9.59 Å². The van der Waals surface area contributed by atoms with Gasteiger partial charge in [0, 0.05) is 13.0 Å². The van der Waals surface area contributed by atoms with Gasteiger partial charge in [0.1, 0.15) is 6.04 Å². The minimum absolute atomic E-state index is 0.159. The summed E-state index contributed by atoms with van der Waals surface area (Å²) in [5.74, 6) is -0.0456. The summed E-state index contributed by atoms with van der Waals surface area (Å²) >= 11 is 1.58. The summed E-state index contributed by atoms with van der Waals surface area (Å²) in [7, 11) is 0. The van der Waals surface area contributed by atoms with E-state index in [0.717, 1.165) is 18.6 Å². The Morgan fingerprint density at radius 1 is 1.47 bits per heavy atom. The molecule has 0 aromatic heterocycles. The minimum atomic E-state index is -0.955. The van der Waals surface area contributed by atoms with Crippen LogP contribution in [0.4, 0.5) is 0 Å². The second-order valence-electron chi connectivity index (χ2n) is 4.86. The van der Waals surface area contributed by atoms with Gasteiger partial charge in [0.2, 0.25) is 5.91 Å². The molecule has 1 saturated carbocycles. The monoisotopic (exact) mass is 289 g/mol. The quantitative estimate of drug-likeness (QED) is 0.673. The molecule has 1 fully saturated rings. The Kier molecular flexibility index (Phi) is 7.23. The average Bonchev–Trinajstić information content (AvgIpc) is 2.31. The molecule has 1 aliphatic rings. The van der Waals surface area contributed by atoms with E-state index in [1.54, 1.807) is 11.8 Å². The van der Waals surface area contributed by atoms with Gasteiger partial charge in [-0.15, -0.1) is 0 Å². The number of aliphatic carboxylic acids is 1. The Morgan fingerprint density at radius 3 is 2.68 bits per heavy atom. The first-order chi connectivity index (χ1) is 9.06. The molecule has 0 saturated heterocycles. The first-order valence-corrected chi connectivity index (χ1v) is 8.08. The van der Waals surface area contributed by atoms with Crippen molar-refractivity contribution < 1.29 is 19.4 Å². The number of rotatable bonds is 9. The van der Waals surface area contributed by atoms with Crippen molar-refractivity contribution in [2.24, 2.45) is 5.92 Å². The molecule has 5 nitrogen and oxygen atoms in total. The van der Waals surface area contributed by atoms with E-state index in [0.29, 0.717) is 25.4 Å². The topological polar surface area (TPSA) is 75.6 Å². The summed E-state index contributed by atoms with van der Waals surface area (Å²) in [5.41, 5.74) is 0. The Hall–Kier alpha value is -0.750. The van der Waals surface area contributed by atoms with Crippen molar-refractivity contribution in [1.82, 2.24) is 5.32 Å². The van der Waals surface area contributed by atoms with E-state index < -0.39 is 12.0 Å². The molecule has 6 heteroatoms. The van der Waals surface area contributed by atoms with Crippen molar-refractivity contribution in [1.29, 1.82) is 0 Å². The first-order valence-electron chi connectivity index (χ1n) is 6.69. The number of amides is 1. The van der Waals surface area contributed by atoms with Crippen molar-refractivity contribution >= 4 is 23.6 Å².